The minimum atomic E-state index is -0.0434. The van der Waals surface area contributed by atoms with Crippen molar-refractivity contribution in [2.75, 3.05) is 19.6 Å². The van der Waals surface area contributed by atoms with Crippen molar-refractivity contribution in [3.8, 4) is 0 Å². The second-order valence-electron chi connectivity index (χ2n) is 6.18. The normalized spacial score (nSPS) is 18.4. The van der Waals surface area contributed by atoms with Crippen molar-refractivity contribution in [1.29, 1.82) is 0 Å². The van der Waals surface area contributed by atoms with E-state index in [0.717, 1.165) is 38.8 Å². The van der Waals surface area contributed by atoms with E-state index in [9.17, 15) is 9.59 Å². The van der Waals surface area contributed by atoms with Crippen LogP contribution in [-0.4, -0.2) is 53.5 Å². The minimum Gasteiger partial charge on any atom is -0.338 e. The number of likely N-dealkylation sites (tertiary alicyclic amines) is 1. The predicted octanol–water partition coefficient (Wildman–Crippen LogP) is 2.61. The summed E-state index contributed by atoms with van der Waals surface area (Å²) in [4.78, 5) is 28.0. The Bertz CT molecular complexity index is 336. The molecule has 0 aliphatic carbocycles. The molecule has 0 aromatic carbocycles. The predicted molar refractivity (Wildman–Crippen MR) is 85.2 cm³/mol. The molecule has 1 aliphatic heterocycles. The lowest BCUT2D eigenvalue weighted by Gasteiger charge is -2.25. The van der Waals surface area contributed by atoms with Gasteiger partial charge in [0.25, 0.3) is 0 Å². The Hall–Kier alpha value is -1.26. The van der Waals surface area contributed by atoms with E-state index in [1.165, 1.54) is 0 Å². The molecular formula is C16H31N3O2. The van der Waals surface area contributed by atoms with Crippen LogP contribution in [0.2, 0.25) is 0 Å². The molecule has 122 valence electrons. The zero-order valence-corrected chi connectivity index (χ0v) is 14.0. The highest BCUT2D eigenvalue weighted by molar-refractivity contribution is 5.81. The Labute approximate surface area is 129 Å². The maximum atomic E-state index is 12.4. The fraction of sp³-hybridized carbons (Fsp3) is 0.875. The van der Waals surface area contributed by atoms with Crippen molar-refractivity contribution in [3.63, 3.8) is 0 Å². The fourth-order valence-corrected chi connectivity index (χ4v) is 2.61. The van der Waals surface area contributed by atoms with Gasteiger partial charge in [-0.1, -0.05) is 26.7 Å². The second kappa shape index (κ2) is 8.90. The fourth-order valence-electron chi connectivity index (χ4n) is 2.61. The first-order valence-corrected chi connectivity index (χ1v) is 8.34. The Morgan fingerprint density at radius 1 is 1.29 bits per heavy atom. The molecule has 1 saturated heterocycles. The van der Waals surface area contributed by atoms with Crippen LogP contribution in [0, 0.1) is 0 Å². The third kappa shape index (κ3) is 5.56. The highest BCUT2D eigenvalue weighted by atomic mass is 16.2. The quantitative estimate of drug-likeness (QED) is 0.748. The molecule has 5 heteroatoms. The lowest BCUT2D eigenvalue weighted by atomic mass is 10.2. The molecule has 0 aromatic heterocycles. The van der Waals surface area contributed by atoms with Crippen LogP contribution < -0.4 is 5.32 Å². The van der Waals surface area contributed by atoms with Gasteiger partial charge in [0.2, 0.25) is 5.91 Å². The van der Waals surface area contributed by atoms with Crippen LogP contribution in [0.4, 0.5) is 4.79 Å². The molecule has 0 radical (unpaired) electrons. The largest absolute Gasteiger partial charge is 0.338 e. The second-order valence-corrected chi connectivity index (χ2v) is 6.18. The van der Waals surface area contributed by atoms with E-state index in [1.807, 2.05) is 23.6 Å². The summed E-state index contributed by atoms with van der Waals surface area (Å²) in [6, 6.07) is 0.147. The molecule has 0 saturated carbocycles. The van der Waals surface area contributed by atoms with Gasteiger partial charge in [-0.25, -0.2) is 4.79 Å². The van der Waals surface area contributed by atoms with Crippen molar-refractivity contribution >= 4 is 11.9 Å². The van der Waals surface area contributed by atoms with Crippen LogP contribution >= 0.6 is 0 Å². The van der Waals surface area contributed by atoms with Crippen molar-refractivity contribution in [3.05, 3.63) is 0 Å². The van der Waals surface area contributed by atoms with Crippen LogP contribution in [-0.2, 0) is 4.79 Å². The topological polar surface area (TPSA) is 52.7 Å². The highest BCUT2D eigenvalue weighted by Gasteiger charge is 2.32. The molecule has 3 amide bonds. The van der Waals surface area contributed by atoms with E-state index in [-0.39, 0.29) is 24.0 Å². The van der Waals surface area contributed by atoms with Gasteiger partial charge in [-0.15, -0.1) is 0 Å². The summed E-state index contributed by atoms with van der Waals surface area (Å²) in [5.74, 6) is 0.143. The number of carbonyl (C=O) groups excluding carboxylic acids is 2. The van der Waals surface area contributed by atoms with E-state index < -0.39 is 0 Å². The number of hydrogen-bond acceptors (Lipinski definition) is 2. The van der Waals surface area contributed by atoms with E-state index in [4.69, 9.17) is 0 Å². The van der Waals surface area contributed by atoms with Gasteiger partial charge in [-0.3, -0.25) is 4.79 Å². The van der Waals surface area contributed by atoms with Crippen LogP contribution in [0.3, 0.4) is 0 Å². The molecule has 1 N–H and O–H groups in total. The summed E-state index contributed by atoms with van der Waals surface area (Å²) >= 11 is 0. The summed E-state index contributed by atoms with van der Waals surface area (Å²) in [5, 5.41) is 3.04. The number of carbonyl (C=O) groups is 2. The van der Waals surface area contributed by atoms with Crippen LogP contribution in [0.5, 0.6) is 0 Å². The summed E-state index contributed by atoms with van der Waals surface area (Å²) in [6.45, 7) is 10.5. The number of rotatable bonds is 8. The first kappa shape index (κ1) is 17.8. The number of urea groups is 1. The van der Waals surface area contributed by atoms with Crippen molar-refractivity contribution in [2.24, 2.45) is 0 Å². The van der Waals surface area contributed by atoms with E-state index in [2.05, 4.69) is 19.2 Å². The van der Waals surface area contributed by atoms with E-state index >= 15 is 0 Å². The number of hydrogen-bond donors (Lipinski definition) is 1. The lowest BCUT2D eigenvalue weighted by Crippen LogP contribution is -2.46. The number of nitrogens with zero attached hydrogens (tertiary/aromatic N) is 2. The first-order valence-electron chi connectivity index (χ1n) is 8.34. The van der Waals surface area contributed by atoms with Crippen LogP contribution in [0.1, 0.15) is 59.8 Å². The van der Waals surface area contributed by atoms with Gasteiger partial charge >= 0.3 is 6.03 Å². The molecule has 1 heterocycles. The van der Waals surface area contributed by atoms with Crippen LogP contribution in [0.25, 0.3) is 0 Å². The number of amides is 3. The highest BCUT2D eigenvalue weighted by Crippen LogP contribution is 2.14. The summed E-state index contributed by atoms with van der Waals surface area (Å²) in [5.41, 5.74) is 0. The molecule has 1 atom stereocenters. The van der Waals surface area contributed by atoms with Gasteiger partial charge in [-0.05, 0) is 26.7 Å². The van der Waals surface area contributed by atoms with Gasteiger partial charge < -0.3 is 15.1 Å². The molecule has 1 unspecified atom stereocenters. The zero-order valence-electron chi connectivity index (χ0n) is 14.0. The summed E-state index contributed by atoms with van der Waals surface area (Å²) in [6.07, 6.45) is 4.65. The lowest BCUT2D eigenvalue weighted by molar-refractivity contribution is -0.129. The maximum absolute atomic E-state index is 12.4. The summed E-state index contributed by atoms with van der Waals surface area (Å²) < 4.78 is 0. The third-order valence-electron chi connectivity index (χ3n) is 3.96. The van der Waals surface area contributed by atoms with E-state index in [0.29, 0.717) is 13.0 Å². The van der Waals surface area contributed by atoms with E-state index in [1.54, 1.807) is 0 Å². The Morgan fingerprint density at radius 2 is 1.86 bits per heavy atom. The van der Waals surface area contributed by atoms with Crippen molar-refractivity contribution < 1.29 is 9.59 Å². The Balaban J connectivity index is 2.50. The molecule has 0 aromatic rings. The minimum absolute atomic E-state index is 0.0136. The molecule has 5 nitrogen and oxygen atoms in total. The molecule has 0 bridgehead atoms. The Kier molecular flexibility index (Phi) is 7.54. The Morgan fingerprint density at radius 3 is 2.29 bits per heavy atom. The maximum Gasteiger partial charge on any atom is 0.317 e. The van der Waals surface area contributed by atoms with Gasteiger partial charge in [0, 0.05) is 32.1 Å². The van der Waals surface area contributed by atoms with Gasteiger partial charge in [0.05, 0.1) is 6.04 Å². The smallest absolute Gasteiger partial charge is 0.317 e. The monoisotopic (exact) mass is 297 g/mol. The zero-order chi connectivity index (χ0) is 15.8. The third-order valence-corrected chi connectivity index (χ3v) is 3.96. The van der Waals surface area contributed by atoms with Crippen molar-refractivity contribution in [2.45, 2.75) is 71.9 Å². The molecule has 1 fully saturated rings. The van der Waals surface area contributed by atoms with Gasteiger partial charge in [-0.2, -0.15) is 0 Å². The number of unbranched alkanes of at least 4 members (excludes halogenated alkanes) is 2. The average Bonchev–Trinajstić information content (AvgIpc) is 2.79. The molecule has 1 aliphatic rings. The van der Waals surface area contributed by atoms with Gasteiger partial charge in [0.1, 0.15) is 0 Å². The standard InChI is InChI=1S/C16H31N3O2/c1-5-7-9-18(10-8-6-2)16(21)17-14-11-15(20)19(12-14)13(3)4/h13-14H,5-12H2,1-4H3,(H,17,21). The average molecular weight is 297 g/mol. The first-order chi connectivity index (χ1) is 9.99. The van der Waals surface area contributed by atoms with Crippen molar-refractivity contribution in [1.82, 2.24) is 15.1 Å². The summed E-state index contributed by atoms with van der Waals surface area (Å²) in [7, 11) is 0. The molecule has 0 spiro atoms. The van der Waals surface area contributed by atoms with Crippen LogP contribution in [0.15, 0.2) is 0 Å². The van der Waals surface area contributed by atoms with Gasteiger partial charge in [0.15, 0.2) is 0 Å². The SMILES string of the molecule is CCCCN(CCCC)C(=O)NC1CC(=O)N(C(C)C)C1. The molecule has 21 heavy (non-hydrogen) atoms. The molecule has 1 rings (SSSR count). The molecular weight excluding hydrogens is 266 g/mol. The number of nitrogens with one attached hydrogen (secondary N) is 1.